The lowest BCUT2D eigenvalue weighted by Gasteiger charge is -2.21. The van der Waals surface area contributed by atoms with Gasteiger partial charge in [-0.1, -0.05) is 66.7 Å². The number of nitrogens with zero attached hydrogens (tertiary/aromatic N) is 4. The predicted molar refractivity (Wildman–Crippen MR) is 143 cm³/mol. The van der Waals surface area contributed by atoms with Crippen LogP contribution in [0.1, 0.15) is 17.5 Å². The molecule has 172 valence electrons. The predicted octanol–water partition coefficient (Wildman–Crippen LogP) is 6.20. The molecule has 0 fully saturated rings. The average molecular weight is 449 g/mol. The highest BCUT2D eigenvalue weighted by Gasteiger charge is 2.11. The average Bonchev–Trinajstić information content (AvgIpc) is 3.21. The first-order valence-electron chi connectivity index (χ1n) is 12.0. The van der Waals surface area contributed by atoms with Crippen molar-refractivity contribution in [3.8, 4) is 0 Å². The maximum absolute atomic E-state index is 4.82. The maximum atomic E-state index is 4.82. The lowest BCUT2D eigenvalue weighted by atomic mass is 10.1. The third-order valence-corrected chi connectivity index (χ3v) is 6.52. The van der Waals surface area contributed by atoms with Gasteiger partial charge >= 0.3 is 0 Å². The molecule has 0 bridgehead atoms. The van der Waals surface area contributed by atoms with E-state index < -0.39 is 0 Å². The van der Waals surface area contributed by atoms with Crippen molar-refractivity contribution in [1.82, 2.24) is 14.5 Å². The summed E-state index contributed by atoms with van der Waals surface area (Å²) >= 11 is 0. The van der Waals surface area contributed by atoms with Gasteiger partial charge in [-0.05, 0) is 55.4 Å². The lowest BCUT2D eigenvalue weighted by Crippen LogP contribution is -2.25. The molecular weight excluding hydrogens is 416 g/mol. The van der Waals surface area contributed by atoms with E-state index in [0.29, 0.717) is 0 Å². The smallest absolute Gasteiger partial charge is 0.128 e. The number of fused-ring (bicyclic) bond motifs is 2. The Hall–Kier alpha value is -3.63. The fourth-order valence-corrected chi connectivity index (χ4v) is 4.69. The molecule has 5 rings (SSSR count). The van der Waals surface area contributed by atoms with Crippen LogP contribution < -0.4 is 4.90 Å². The van der Waals surface area contributed by atoms with Gasteiger partial charge in [0.1, 0.15) is 5.82 Å². The Morgan fingerprint density at radius 2 is 1.53 bits per heavy atom. The molecule has 2 aromatic heterocycles. The molecule has 4 heteroatoms. The second-order valence-electron chi connectivity index (χ2n) is 9.16. The summed E-state index contributed by atoms with van der Waals surface area (Å²) in [7, 11) is 4.35. The zero-order chi connectivity index (χ0) is 23.3. The summed E-state index contributed by atoms with van der Waals surface area (Å²) in [4.78, 5) is 9.50. The van der Waals surface area contributed by atoms with Gasteiger partial charge in [0.05, 0.1) is 5.52 Å². The first-order chi connectivity index (χ1) is 16.7. The summed E-state index contributed by atoms with van der Waals surface area (Å²) in [6.07, 6.45) is 3.42. The van der Waals surface area contributed by atoms with Gasteiger partial charge in [-0.3, -0.25) is 0 Å². The van der Waals surface area contributed by atoms with Crippen LogP contribution in [0.25, 0.3) is 21.8 Å². The number of hydrogen-bond donors (Lipinski definition) is 0. The second kappa shape index (κ2) is 10.1. The minimum Gasteiger partial charge on any atom is -0.360 e. The molecule has 0 aliphatic carbocycles. The van der Waals surface area contributed by atoms with Crippen molar-refractivity contribution in [2.24, 2.45) is 0 Å². The monoisotopic (exact) mass is 448 g/mol. The first-order valence-corrected chi connectivity index (χ1v) is 12.0. The summed E-state index contributed by atoms with van der Waals surface area (Å²) in [5, 5.41) is 2.54. The highest BCUT2D eigenvalue weighted by Crippen LogP contribution is 2.24. The number of hydrogen-bond acceptors (Lipinski definition) is 3. The molecule has 0 unspecified atom stereocenters. The van der Waals surface area contributed by atoms with Gasteiger partial charge in [0, 0.05) is 49.2 Å². The van der Waals surface area contributed by atoms with Gasteiger partial charge in [0.15, 0.2) is 0 Å². The molecule has 0 saturated carbocycles. The standard InChI is InChI=1S/C30H32N4/c1-32(19-10-20-33(2)30-18-17-25-13-6-8-15-28(25)31-30)22-26-23-34(21-24-11-4-3-5-12-24)29-16-9-7-14-27(26)29/h3-9,11-18,23H,10,19-22H2,1-2H3. The number of rotatable bonds is 9. The van der Waals surface area contributed by atoms with E-state index in [1.807, 2.05) is 6.07 Å². The fraction of sp³-hybridized carbons (Fsp3) is 0.233. The van der Waals surface area contributed by atoms with Gasteiger partial charge in [-0.2, -0.15) is 0 Å². The Balaban J connectivity index is 1.21. The van der Waals surface area contributed by atoms with Crippen LogP contribution >= 0.6 is 0 Å². The van der Waals surface area contributed by atoms with E-state index in [1.54, 1.807) is 0 Å². The lowest BCUT2D eigenvalue weighted by molar-refractivity contribution is 0.324. The topological polar surface area (TPSA) is 24.3 Å². The molecule has 0 aliphatic heterocycles. The van der Waals surface area contributed by atoms with E-state index in [0.717, 1.165) is 43.9 Å². The molecule has 0 saturated heterocycles. The van der Waals surface area contributed by atoms with E-state index >= 15 is 0 Å². The van der Waals surface area contributed by atoms with E-state index in [9.17, 15) is 0 Å². The molecule has 0 amide bonds. The normalized spacial score (nSPS) is 11.5. The van der Waals surface area contributed by atoms with Gasteiger partial charge in [0.2, 0.25) is 0 Å². The number of benzene rings is 3. The zero-order valence-electron chi connectivity index (χ0n) is 20.1. The molecule has 0 radical (unpaired) electrons. The van der Waals surface area contributed by atoms with Crippen LogP contribution in [-0.2, 0) is 13.1 Å². The number of para-hydroxylation sites is 2. The molecular formula is C30H32N4. The minimum atomic E-state index is 0.897. The van der Waals surface area contributed by atoms with Crippen LogP contribution in [0, 0.1) is 0 Å². The molecule has 2 heterocycles. The Bertz CT molecular complexity index is 1370. The molecule has 4 nitrogen and oxygen atoms in total. The van der Waals surface area contributed by atoms with Crippen molar-refractivity contribution >= 4 is 27.6 Å². The summed E-state index contributed by atoms with van der Waals surface area (Å²) in [5.74, 6) is 1.03. The summed E-state index contributed by atoms with van der Waals surface area (Å²) in [6, 6.07) is 32.0. The second-order valence-corrected chi connectivity index (χ2v) is 9.16. The van der Waals surface area contributed by atoms with E-state index in [2.05, 4.69) is 120 Å². The fourth-order valence-electron chi connectivity index (χ4n) is 4.69. The van der Waals surface area contributed by atoms with Crippen molar-refractivity contribution in [3.63, 3.8) is 0 Å². The van der Waals surface area contributed by atoms with Crippen molar-refractivity contribution in [2.45, 2.75) is 19.5 Å². The van der Waals surface area contributed by atoms with Crippen LogP contribution in [0.3, 0.4) is 0 Å². The van der Waals surface area contributed by atoms with E-state index in [4.69, 9.17) is 4.98 Å². The highest BCUT2D eigenvalue weighted by molar-refractivity contribution is 5.84. The van der Waals surface area contributed by atoms with Crippen molar-refractivity contribution < 1.29 is 0 Å². The largest absolute Gasteiger partial charge is 0.360 e. The Kier molecular flexibility index (Phi) is 6.59. The molecule has 0 spiro atoms. The molecule has 0 aliphatic rings. The third kappa shape index (κ3) is 4.97. The molecule has 0 N–H and O–H groups in total. The SMILES string of the molecule is CN(CCCN(C)c1ccc2ccccc2n1)Cc1cn(Cc2ccccc2)c2ccccc12. The molecule has 0 atom stereocenters. The third-order valence-electron chi connectivity index (χ3n) is 6.52. The van der Waals surface area contributed by atoms with Crippen LogP contribution in [0.15, 0.2) is 97.2 Å². The van der Waals surface area contributed by atoms with Crippen molar-refractivity contribution in [1.29, 1.82) is 0 Å². The highest BCUT2D eigenvalue weighted by atomic mass is 15.2. The number of aromatic nitrogens is 2. The van der Waals surface area contributed by atoms with Gasteiger partial charge < -0.3 is 14.4 Å². The summed E-state index contributed by atoms with van der Waals surface area (Å²) in [6.45, 7) is 3.86. The zero-order valence-corrected chi connectivity index (χ0v) is 20.1. The summed E-state index contributed by atoms with van der Waals surface area (Å²) in [5.41, 5.74) is 5.07. The van der Waals surface area contributed by atoms with Crippen molar-refractivity contribution in [3.05, 3.63) is 108 Å². The Labute approximate surface area is 202 Å². The Morgan fingerprint density at radius 3 is 2.41 bits per heavy atom. The van der Waals surface area contributed by atoms with Gasteiger partial charge in [0.25, 0.3) is 0 Å². The van der Waals surface area contributed by atoms with Crippen molar-refractivity contribution in [2.75, 3.05) is 32.1 Å². The van der Waals surface area contributed by atoms with Gasteiger partial charge in [-0.15, -0.1) is 0 Å². The number of anilines is 1. The van der Waals surface area contributed by atoms with E-state index in [-0.39, 0.29) is 0 Å². The number of pyridine rings is 1. The van der Waals surface area contributed by atoms with Gasteiger partial charge in [-0.25, -0.2) is 4.98 Å². The molecule has 5 aromatic rings. The molecule has 3 aromatic carbocycles. The van der Waals surface area contributed by atoms with Crippen LogP contribution in [0.4, 0.5) is 5.82 Å². The minimum absolute atomic E-state index is 0.897. The van der Waals surface area contributed by atoms with Crippen LogP contribution in [0.2, 0.25) is 0 Å². The quantitative estimate of drug-likeness (QED) is 0.268. The maximum Gasteiger partial charge on any atom is 0.128 e. The van der Waals surface area contributed by atoms with Crippen LogP contribution in [0.5, 0.6) is 0 Å². The van der Waals surface area contributed by atoms with Crippen LogP contribution in [-0.4, -0.2) is 41.6 Å². The molecule has 34 heavy (non-hydrogen) atoms. The van der Waals surface area contributed by atoms with E-state index in [1.165, 1.54) is 27.4 Å². The first kappa shape index (κ1) is 22.2. The summed E-state index contributed by atoms with van der Waals surface area (Å²) < 4.78 is 2.38. The Morgan fingerprint density at radius 1 is 0.765 bits per heavy atom.